The SMILES string of the molecule is CC(C)=CCC/C(C)=C/CC/C(C)=C/CC[C@@]1(C)CCc2c(C)c(C)c(C)c(C)c2O1. The van der Waals surface area contributed by atoms with Crippen LogP contribution < -0.4 is 4.74 Å². The van der Waals surface area contributed by atoms with Crippen LogP contribution in [0.1, 0.15) is 107 Å². The molecular formula is C30H46O. The molecule has 0 aromatic heterocycles. The Labute approximate surface area is 192 Å². The van der Waals surface area contributed by atoms with Crippen LogP contribution in [0.5, 0.6) is 5.75 Å². The quantitative estimate of drug-likeness (QED) is 0.360. The number of hydrogen-bond donors (Lipinski definition) is 0. The van der Waals surface area contributed by atoms with Crippen LogP contribution in [-0.2, 0) is 6.42 Å². The molecule has 172 valence electrons. The van der Waals surface area contributed by atoms with Crippen molar-refractivity contribution in [3.8, 4) is 5.75 Å². The van der Waals surface area contributed by atoms with E-state index in [0.717, 1.165) is 38.5 Å². The molecule has 1 aromatic rings. The number of rotatable bonds is 9. The smallest absolute Gasteiger partial charge is 0.126 e. The van der Waals surface area contributed by atoms with Gasteiger partial charge in [-0.15, -0.1) is 0 Å². The van der Waals surface area contributed by atoms with Gasteiger partial charge in [-0.05, 0) is 141 Å². The first-order chi connectivity index (χ1) is 14.5. The van der Waals surface area contributed by atoms with Crippen LogP contribution >= 0.6 is 0 Å². The minimum atomic E-state index is -0.0515. The van der Waals surface area contributed by atoms with Crippen molar-refractivity contribution in [2.45, 2.75) is 119 Å². The van der Waals surface area contributed by atoms with Gasteiger partial charge in [0.25, 0.3) is 0 Å². The Morgan fingerprint density at radius 2 is 1.32 bits per heavy atom. The Bertz CT molecular complexity index is 861. The molecular weight excluding hydrogens is 376 g/mol. The maximum Gasteiger partial charge on any atom is 0.126 e. The lowest BCUT2D eigenvalue weighted by molar-refractivity contribution is 0.0560. The van der Waals surface area contributed by atoms with Crippen LogP contribution in [0.15, 0.2) is 34.9 Å². The van der Waals surface area contributed by atoms with E-state index in [2.05, 4.69) is 80.5 Å². The summed E-state index contributed by atoms with van der Waals surface area (Å²) in [6.07, 6.45) is 16.3. The van der Waals surface area contributed by atoms with Gasteiger partial charge in [0.15, 0.2) is 0 Å². The van der Waals surface area contributed by atoms with Gasteiger partial charge in [0.1, 0.15) is 11.4 Å². The highest BCUT2D eigenvalue weighted by atomic mass is 16.5. The van der Waals surface area contributed by atoms with Crippen molar-refractivity contribution < 1.29 is 4.74 Å². The molecule has 1 heteroatoms. The fourth-order valence-electron chi connectivity index (χ4n) is 4.62. The minimum Gasteiger partial charge on any atom is -0.487 e. The molecule has 0 unspecified atom stereocenters. The van der Waals surface area contributed by atoms with Crippen molar-refractivity contribution >= 4 is 0 Å². The Balaban J connectivity index is 1.88. The zero-order chi connectivity index (χ0) is 23.2. The maximum absolute atomic E-state index is 6.67. The maximum atomic E-state index is 6.67. The molecule has 1 aliphatic rings. The topological polar surface area (TPSA) is 9.23 Å². The summed E-state index contributed by atoms with van der Waals surface area (Å²) in [7, 11) is 0. The van der Waals surface area contributed by atoms with Gasteiger partial charge in [0.05, 0.1) is 0 Å². The molecule has 0 amide bonds. The van der Waals surface area contributed by atoms with E-state index in [9.17, 15) is 0 Å². The molecule has 0 saturated carbocycles. The second kappa shape index (κ2) is 11.2. The first-order valence-corrected chi connectivity index (χ1v) is 12.3. The van der Waals surface area contributed by atoms with Crippen molar-refractivity contribution in [1.82, 2.24) is 0 Å². The molecule has 1 nitrogen and oxygen atoms in total. The lowest BCUT2D eigenvalue weighted by atomic mass is 9.83. The average molecular weight is 423 g/mol. The Hall–Kier alpha value is -1.76. The number of benzene rings is 1. The van der Waals surface area contributed by atoms with Gasteiger partial charge in [-0.25, -0.2) is 0 Å². The molecule has 0 aliphatic carbocycles. The number of ether oxygens (including phenoxy) is 1. The summed E-state index contributed by atoms with van der Waals surface area (Å²) < 4.78 is 6.67. The molecule has 0 fully saturated rings. The molecule has 0 N–H and O–H groups in total. The van der Waals surface area contributed by atoms with Crippen molar-refractivity contribution in [1.29, 1.82) is 0 Å². The van der Waals surface area contributed by atoms with Crippen LogP contribution in [0.2, 0.25) is 0 Å². The van der Waals surface area contributed by atoms with E-state index < -0.39 is 0 Å². The summed E-state index contributed by atoms with van der Waals surface area (Å²) in [6.45, 7) is 20.2. The summed E-state index contributed by atoms with van der Waals surface area (Å²) in [5.74, 6) is 1.17. The van der Waals surface area contributed by atoms with Crippen molar-refractivity contribution in [2.75, 3.05) is 0 Å². The van der Waals surface area contributed by atoms with Crippen molar-refractivity contribution in [3.63, 3.8) is 0 Å². The van der Waals surface area contributed by atoms with Crippen molar-refractivity contribution in [2.24, 2.45) is 0 Å². The molecule has 31 heavy (non-hydrogen) atoms. The highest BCUT2D eigenvalue weighted by Crippen LogP contribution is 2.42. The van der Waals surface area contributed by atoms with Gasteiger partial charge in [0.2, 0.25) is 0 Å². The van der Waals surface area contributed by atoms with Crippen LogP contribution in [0.25, 0.3) is 0 Å². The highest BCUT2D eigenvalue weighted by Gasteiger charge is 2.33. The third kappa shape index (κ3) is 7.13. The van der Waals surface area contributed by atoms with E-state index >= 15 is 0 Å². The zero-order valence-electron chi connectivity index (χ0n) is 21.8. The number of hydrogen-bond acceptors (Lipinski definition) is 1. The predicted octanol–water partition coefficient (Wildman–Crippen LogP) is 9.20. The molecule has 0 bridgehead atoms. The van der Waals surface area contributed by atoms with Crippen LogP contribution in [0.4, 0.5) is 0 Å². The highest BCUT2D eigenvalue weighted by molar-refractivity contribution is 5.55. The first kappa shape index (κ1) is 25.5. The zero-order valence-corrected chi connectivity index (χ0v) is 21.8. The molecule has 1 atom stereocenters. The third-order valence-corrected chi connectivity index (χ3v) is 7.30. The van der Waals surface area contributed by atoms with E-state index in [1.807, 2.05) is 0 Å². The molecule has 1 aromatic carbocycles. The predicted molar refractivity (Wildman–Crippen MR) is 137 cm³/mol. The number of allylic oxidation sites excluding steroid dienone is 6. The third-order valence-electron chi connectivity index (χ3n) is 7.30. The summed E-state index contributed by atoms with van der Waals surface area (Å²) in [5, 5.41) is 0. The van der Waals surface area contributed by atoms with Gasteiger partial charge in [0, 0.05) is 0 Å². The van der Waals surface area contributed by atoms with Gasteiger partial charge in [-0.2, -0.15) is 0 Å². The van der Waals surface area contributed by atoms with Gasteiger partial charge in [-0.3, -0.25) is 0 Å². The molecule has 1 aliphatic heterocycles. The normalized spacial score (nSPS) is 19.1. The fourth-order valence-corrected chi connectivity index (χ4v) is 4.62. The fraction of sp³-hybridized carbons (Fsp3) is 0.600. The van der Waals surface area contributed by atoms with Crippen LogP contribution in [0.3, 0.4) is 0 Å². The monoisotopic (exact) mass is 422 g/mol. The largest absolute Gasteiger partial charge is 0.487 e. The minimum absolute atomic E-state index is 0.0515. The average Bonchev–Trinajstić information content (AvgIpc) is 2.70. The van der Waals surface area contributed by atoms with E-state index in [1.165, 1.54) is 63.1 Å². The van der Waals surface area contributed by atoms with Crippen LogP contribution in [-0.4, -0.2) is 5.60 Å². The molecule has 2 rings (SSSR count). The molecule has 0 saturated heterocycles. The number of fused-ring (bicyclic) bond motifs is 1. The molecule has 1 heterocycles. The van der Waals surface area contributed by atoms with E-state index in [1.54, 1.807) is 0 Å². The van der Waals surface area contributed by atoms with Gasteiger partial charge < -0.3 is 4.74 Å². The summed E-state index contributed by atoms with van der Waals surface area (Å²) in [4.78, 5) is 0. The van der Waals surface area contributed by atoms with Crippen molar-refractivity contribution in [3.05, 3.63) is 62.8 Å². The molecule has 0 radical (unpaired) electrons. The summed E-state index contributed by atoms with van der Waals surface area (Å²) in [5.41, 5.74) is 11.4. The second-order valence-electron chi connectivity index (χ2n) is 10.4. The standard InChI is InChI=1S/C30H46O/c1-21(2)13-10-14-22(3)15-11-16-23(4)17-12-19-30(9)20-18-28-26(7)24(5)25(6)27(8)29(28)31-30/h13,15,17H,10-12,14,16,18-20H2,1-9H3/b22-15+,23-17+/t30-/m0/s1. The van der Waals surface area contributed by atoms with E-state index in [0.29, 0.717) is 0 Å². The van der Waals surface area contributed by atoms with Crippen LogP contribution in [0, 0.1) is 27.7 Å². The van der Waals surface area contributed by atoms with Gasteiger partial charge in [-0.1, -0.05) is 34.9 Å². The second-order valence-corrected chi connectivity index (χ2v) is 10.4. The van der Waals surface area contributed by atoms with E-state index in [4.69, 9.17) is 4.74 Å². The Morgan fingerprint density at radius 3 is 1.94 bits per heavy atom. The molecule has 0 spiro atoms. The summed E-state index contributed by atoms with van der Waals surface area (Å²) in [6, 6.07) is 0. The van der Waals surface area contributed by atoms with E-state index in [-0.39, 0.29) is 5.60 Å². The lowest BCUT2D eigenvalue weighted by Crippen LogP contribution is -2.37. The first-order valence-electron chi connectivity index (χ1n) is 12.3. The Kier molecular flexibility index (Phi) is 9.22. The Morgan fingerprint density at radius 1 is 0.774 bits per heavy atom. The summed E-state index contributed by atoms with van der Waals surface area (Å²) >= 11 is 0. The van der Waals surface area contributed by atoms with Gasteiger partial charge >= 0.3 is 0 Å². The lowest BCUT2D eigenvalue weighted by Gasteiger charge is -2.38.